The molecule has 0 aliphatic heterocycles. The standard InChI is InChI=1S/C10H15IN4/c11-7-5-13-6-14-10(7)15-9-4-2-1-3-8(9)12/h5-6,8-9H,1-4,12H2,(H,13,14,15). The molecule has 1 aliphatic carbocycles. The highest BCUT2D eigenvalue weighted by atomic mass is 127. The number of nitrogens with zero attached hydrogens (tertiary/aromatic N) is 2. The largest absolute Gasteiger partial charge is 0.365 e. The van der Waals surface area contributed by atoms with Crippen molar-refractivity contribution in [1.29, 1.82) is 0 Å². The Kier molecular flexibility index (Phi) is 3.74. The fourth-order valence-electron chi connectivity index (χ4n) is 1.93. The topological polar surface area (TPSA) is 63.8 Å². The number of hydrogen-bond acceptors (Lipinski definition) is 4. The van der Waals surface area contributed by atoms with Gasteiger partial charge in [-0.3, -0.25) is 0 Å². The molecule has 1 fully saturated rings. The van der Waals surface area contributed by atoms with Crippen LogP contribution in [0.3, 0.4) is 0 Å². The molecule has 0 amide bonds. The Bertz CT molecular complexity index is 331. The summed E-state index contributed by atoms with van der Waals surface area (Å²) in [6, 6.07) is 0.617. The molecule has 0 spiro atoms. The predicted octanol–water partition coefficient (Wildman–Crippen LogP) is 1.76. The smallest absolute Gasteiger partial charge is 0.143 e. The Balaban J connectivity index is 2.04. The average Bonchev–Trinajstić information content (AvgIpc) is 2.24. The minimum absolute atomic E-state index is 0.254. The van der Waals surface area contributed by atoms with E-state index in [0.29, 0.717) is 6.04 Å². The highest BCUT2D eigenvalue weighted by Crippen LogP contribution is 2.22. The third-order valence-corrected chi connectivity index (χ3v) is 3.60. The van der Waals surface area contributed by atoms with Gasteiger partial charge in [0.05, 0.1) is 3.57 Å². The Labute approximate surface area is 103 Å². The fraction of sp³-hybridized carbons (Fsp3) is 0.600. The first kappa shape index (κ1) is 11.1. The van der Waals surface area contributed by atoms with Crippen molar-refractivity contribution in [3.8, 4) is 0 Å². The quantitative estimate of drug-likeness (QED) is 0.816. The molecule has 4 nitrogen and oxygen atoms in total. The third kappa shape index (κ3) is 2.78. The highest BCUT2D eigenvalue weighted by Gasteiger charge is 2.22. The number of nitrogens with two attached hydrogens (primary N) is 1. The van der Waals surface area contributed by atoms with Gasteiger partial charge in [-0.25, -0.2) is 9.97 Å². The van der Waals surface area contributed by atoms with E-state index in [0.717, 1.165) is 22.2 Å². The van der Waals surface area contributed by atoms with E-state index < -0.39 is 0 Å². The molecule has 1 aromatic heterocycles. The SMILES string of the molecule is NC1CCCCC1Nc1ncncc1I. The summed E-state index contributed by atoms with van der Waals surface area (Å²) < 4.78 is 1.05. The van der Waals surface area contributed by atoms with Crippen molar-refractivity contribution in [3.05, 3.63) is 16.1 Å². The lowest BCUT2D eigenvalue weighted by molar-refractivity contribution is 0.403. The van der Waals surface area contributed by atoms with E-state index in [1.165, 1.54) is 12.8 Å². The second-order valence-corrected chi connectivity index (χ2v) is 5.08. The summed E-state index contributed by atoms with van der Waals surface area (Å²) in [5, 5.41) is 3.42. The maximum atomic E-state index is 6.07. The van der Waals surface area contributed by atoms with Crippen LogP contribution >= 0.6 is 22.6 Å². The molecular weight excluding hydrogens is 303 g/mol. The Morgan fingerprint density at radius 1 is 1.40 bits per heavy atom. The van der Waals surface area contributed by atoms with Crippen LogP contribution in [-0.2, 0) is 0 Å². The van der Waals surface area contributed by atoms with E-state index in [4.69, 9.17) is 5.73 Å². The van der Waals surface area contributed by atoms with Crippen molar-refractivity contribution >= 4 is 28.4 Å². The van der Waals surface area contributed by atoms with Gasteiger partial charge in [0.25, 0.3) is 0 Å². The maximum Gasteiger partial charge on any atom is 0.143 e. The molecular formula is C10H15IN4. The zero-order valence-electron chi connectivity index (χ0n) is 8.49. The van der Waals surface area contributed by atoms with Crippen LogP contribution in [0.1, 0.15) is 25.7 Å². The summed E-state index contributed by atoms with van der Waals surface area (Å²) in [5.41, 5.74) is 6.07. The van der Waals surface area contributed by atoms with E-state index in [9.17, 15) is 0 Å². The molecule has 15 heavy (non-hydrogen) atoms. The van der Waals surface area contributed by atoms with Gasteiger partial charge in [-0.1, -0.05) is 12.8 Å². The minimum Gasteiger partial charge on any atom is -0.365 e. The first-order valence-electron chi connectivity index (χ1n) is 5.25. The van der Waals surface area contributed by atoms with Gasteiger partial charge >= 0.3 is 0 Å². The van der Waals surface area contributed by atoms with Gasteiger partial charge in [0, 0.05) is 18.3 Å². The van der Waals surface area contributed by atoms with Gasteiger partial charge in [-0.05, 0) is 35.4 Å². The van der Waals surface area contributed by atoms with Crippen LogP contribution in [0.25, 0.3) is 0 Å². The summed E-state index contributed by atoms with van der Waals surface area (Å²) in [6.07, 6.45) is 8.14. The molecule has 2 unspecified atom stereocenters. The van der Waals surface area contributed by atoms with E-state index in [-0.39, 0.29) is 6.04 Å². The summed E-state index contributed by atoms with van der Waals surface area (Å²) in [5.74, 6) is 0.910. The fourth-order valence-corrected chi connectivity index (χ4v) is 2.39. The molecule has 82 valence electrons. The minimum atomic E-state index is 0.254. The van der Waals surface area contributed by atoms with Crippen molar-refractivity contribution in [2.24, 2.45) is 5.73 Å². The molecule has 1 heterocycles. The molecule has 2 rings (SSSR count). The molecule has 0 bridgehead atoms. The van der Waals surface area contributed by atoms with Gasteiger partial charge < -0.3 is 11.1 Å². The number of aromatic nitrogens is 2. The maximum absolute atomic E-state index is 6.07. The van der Waals surface area contributed by atoms with Gasteiger partial charge in [0.1, 0.15) is 12.1 Å². The number of rotatable bonds is 2. The number of hydrogen-bond donors (Lipinski definition) is 2. The molecule has 1 saturated carbocycles. The second-order valence-electron chi connectivity index (χ2n) is 3.92. The zero-order chi connectivity index (χ0) is 10.7. The van der Waals surface area contributed by atoms with Gasteiger partial charge in [-0.15, -0.1) is 0 Å². The van der Waals surface area contributed by atoms with Gasteiger partial charge in [0.15, 0.2) is 0 Å². The van der Waals surface area contributed by atoms with E-state index in [1.807, 2.05) is 6.20 Å². The van der Waals surface area contributed by atoms with E-state index in [2.05, 4.69) is 37.9 Å². The van der Waals surface area contributed by atoms with Gasteiger partial charge in [0.2, 0.25) is 0 Å². The molecule has 0 saturated heterocycles. The Morgan fingerprint density at radius 2 is 2.20 bits per heavy atom. The molecule has 1 aliphatic rings. The molecule has 3 N–H and O–H groups in total. The number of anilines is 1. The van der Waals surface area contributed by atoms with Crippen LogP contribution in [0, 0.1) is 3.57 Å². The predicted molar refractivity (Wildman–Crippen MR) is 68.6 cm³/mol. The van der Waals surface area contributed by atoms with Crippen LogP contribution in [0.2, 0.25) is 0 Å². The monoisotopic (exact) mass is 318 g/mol. The van der Waals surface area contributed by atoms with Gasteiger partial charge in [-0.2, -0.15) is 0 Å². The second kappa shape index (κ2) is 5.07. The lowest BCUT2D eigenvalue weighted by Gasteiger charge is -2.29. The Hall–Kier alpha value is -0.430. The lowest BCUT2D eigenvalue weighted by atomic mass is 9.91. The first-order chi connectivity index (χ1) is 7.27. The van der Waals surface area contributed by atoms with Crippen LogP contribution in [-0.4, -0.2) is 22.1 Å². The number of nitrogens with one attached hydrogen (secondary N) is 1. The van der Waals surface area contributed by atoms with Crippen LogP contribution in [0.5, 0.6) is 0 Å². The summed E-state index contributed by atoms with van der Waals surface area (Å²) in [6.45, 7) is 0. The first-order valence-corrected chi connectivity index (χ1v) is 6.33. The zero-order valence-corrected chi connectivity index (χ0v) is 10.6. The van der Waals surface area contributed by atoms with E-state index in [1.54, 1.807) is 6.33 Å². The Morgan fingerprint density at radius 3 is 2.93 bits per heavy atom. The summed E-state index contributed by atoms with van der Waals surface area (Å²) in [7, 11) is 0. The average molecular weight is 318 g/mol. The highest BCUT2D eigenvalue weighted by molar-refractivity contribution is 14.1. The number of halogens is 1. The molecule has 0 aromatic carbocycles. The normalized spacial score (nSPS) is 26.3. The molecule has 2 atom stereocenters. The van der Waals surface area contributed by atoms with Crippen molar-refractivity contribution in [2.45, 2.75) is 37.8 Å². The van der Waals surface area contributed by atoms with Crippen LogP contribution in [0.15, 0.2) is 12.5 Å². The molecule has 5 heteroatoms. The van der Waals surface area contributed by atoms with Crippen LogP contribution < -0.4 is 11.1 Å². The summed E-state index contributed by atoms with van der Waals surface area (Å²) >= 11 is 2.24. The van der Waals surface area contributed by atoms with Crippen molar-refractivity contribution < 1.29 is 0 Å². The molecule has 1 aromatic rings. The van der Waals surface area contributed by atoms with Crippen LogP contribution in [0.4, 0.5) is 5.82 Å². The third-order valence-electron chi connectivity index (χ3n) is 2.81. The molecule has 0 radical (unpaired) electrons. The summed E-state index contributed by atoms with van der Waals surface area (Å²) in [4.78, 5) is 8.19. The van der Waals surface area contributed by atoms with E-state index >= 15 is 0 Å². The van der Waals surface area contributed by atoms with Crippen molar-refractivity contribution in [1.82, 2.24) is 9.97 Å². The lowest BCUT2D eigenvalue weighted by Crippen LogP contribution is -2.42. The van der Waals surface area contributed by atoms with Crippen molar-refractivity contribution in [3.63, 3.8) is 0 Å². The van der Waals surface area contributed by atoms with Crippen molar-refractivity contribution in [2.75, 3.05) is 5.32 Å².